The molecule has 134 valence electrons. The number of H-pyrrole nitrogens is 2. The molecule has 10 heteroatoms. The summed E-state index contributed by atoms with van der Waals surface area (Å²) < 4.78 is 5.00. The van der Waals surface area contributed by atoms with Gasteiger partial charge in [-0.25, -0.2) is 4.79 Å². The summed E-state index contributed by atoms with van der Waals surface area (Å²) in [5.74, 6) is -1.01. The van der Waals surface area contributed by atoms with Crippen molar-refractivity contribution in [2.75, 3.05) is 12.4 Å². The molecule has 3 rings (SSSR count). The number of nitrogens with zero attached hydrogens (tertiary/aromatic N) is 1. The van der Waals surface area contributed by atoms with Crippen LogP contribution < -0.4 is 10.9 Å². The second kappa shape index (κ2) is 6.56. The number of aromatic nitrogens is 2. The minimum absolute atomic E-state index is 0.0930. The van der Waals surface area contributed by atoms with Crippen LogP contribution in [0.25, 0.3) is 0 Å². The number of benzene rings is 1. The molecule has 0 amide bonds. The Morgan fingerprint density at radius 1 is 1.27 bits per heavy atom. The van der Waals surface area contributed by atoms with Crippen LogP contribution in [-0.2, 0) is 9.53 Å². The number of carbonyl (C=O) groups is 1. The van der Waals surface area contributed by atoms with Crippen LogP contribution in [0.2, 0.25) is 0 Å². The molecule has 26 heavy (non-hydrogen) atoms. The first-order valence-electron chi connectivity index (χ1n) is 7.50. The molecule has 1 aliphatic heterocycles. The second-order valence-electron chi connectivity index (χ2n) is 5.63. The average molecular weight is 374 g/mol. The highest BCUT2D eigenvalue weighted by atomic mass is 32.1. The molecule has 9 nitrogen and oxygen atoms in total. The fraction of sp³-hybridized carbons (Fsp3) is 0.188. The monoisotopic (exact) mass is 374 g/mol. The van der Waals surface area contributed by atoms with E-state index in [1.54, 1.807) is 6.92 Å². The van der Waals surface area contributed by atoms with Gasteiger partial charge in [-0.15, -0.1) is 0 Å². The SMILES string of the molecule is COC(=O)C1=C(C)Nc2[nH]c(=S)[nH]c(=O)c2[C@H]1c1ccc([N+](=O)[O-])cc1. The first kappa shape index (κ1) is 17.5. The average Bonchev–Trinajstić information content (AvgIpc) is 2.59. The van der Waals surface area contributed by atoms with Crippen molar-refractivity contribution >= 4 is 29.7 Å². The summed E-state index contributed by atoms with van der Waals surface area (Å²) in [7, 11) is 1.24. The van der Waals surface area contributed by atoms with Crippen molar-refractivity contribution in [1.82, 2.24) is 9.97 Å². The lowest BCUT2D eigenvalue weighted by Crippen LogP contribution is -2.30. The van der Waals surface area contributed by atoms with Crippen LogP contribution in [0.5, 0.6) is 0 Å². The van der Waals surface area contributed by atoms with Crippen molar-refractivity contribution in [3.63, 3.8) is 0 Å². The van der Waals surface area contributed by atoms with E-state index in [0.29, 0.717) is 17.1 Å². The number of methoxy groups -OCH3 is 1. The highest BCUT2D eigenvalue weighted by Crippen LogP contribution is 2.39. The zero-order valence-corrected chi connectivity index (χ0v) is 14.6. The van der Waals surface area contributed by atoms with Crippen LogP contribution in [0.4, 0.5) is 11.5 Å². The molecular formula is C16H14N4O5S. The molecule has 0 saturated heterocycles. The lowest BCUT2D eigenvalue weighted by atomic mass is 9.82. The number of nitro groups is 1. The number of aromatic amines is 2. The van der Waals surface area contributed by atoms with E-state index in [9.17, 15) is 19.7 Å². The number of non-ortho nitro benzene ring substituents is 1. The van der Waals surface area contributed by atoms with Gasteiger partial charge in [-0.2, -0.15) is 0 Å². The number of ether oxygens (including phenoxy) is 1. The number of nitrogens with one attached hydrogen (secondary N) is 3. The third-order valence-corrected chi connectivity index (χ3v) is 4.32. The van der Waals surface area contributed by atoms with Gasteiger partial charge in [0.2, 0.25) is 0 Å². The van der Waals surface area contributed by atoms with Gasteiger partial charge in [0, 0.05) is 17.8 Å². The van der Waals surface area contributed by atoms with Crippen LogP contribution in [0.15, 0.2) is 40.3 Å². The topological polar surface area (TPSA) is 130 Å². The van der Waals surface area contributed by atoms with E-state index in [0.717, 1.165) is 0 Å². The van der Waals surface area contributed by atoms with Gasteiger partial charge < -0.3 is 15.0 Å². The van der Waals surface area contributed by atoms with E-state index in [1.165, 1.54) is 31.4 Å². The molecule has 0 aliphatic carbocycles. The Morgan fingerprint density at radius 3 is 2.50 bits per heavy atom. The van der Waals surface area contributed by atoms with Gasteiger partial charge in [-0.3, -0.25) is 19.9 Å². The number of rotatable bonds is 3. The molecule has 0 bridgehead atoms. The van der Waals surface area contributed by atoms with Crippen molar-refractivity contribution in [2.24, 2.45) is 0 Å². The van der Waals surface area contributed by atoms with Crippen LogP contribution in [-0.4, -0.2) is 28.0 Å². The smallest absolute Gasteiger partial charge is 0.336 e. The molecule has 0 unspecified atom stereocenters. The lowest BCUT2D eigenvalue weighted by molar-refractivity contribution is -0.384. The van der Waals surface area contributed by atoms with Crippen molar-refractivity contribution in [3.05, 3.63) is 71.9 Å². The number of esters is 1. The number of hydrogen-bond donors (Lipinski definition) is 3. The summed E-state index contributed by atoms with van der Waals surface area (Å²) in [5.41, 5.74) is 0.958. The largest absolute Gasteiger partial charge is 0.466 e. The highest BCUT2D eigenvalue weighted by molar-refractivity contribution is 7.71. The summed E-state index contributed by atoms with van der Waals surface area (Å²) in [5, 5.41) is 13.9. The summed E-state index contributed by atoms with van der Waals surface area (Å²) in [6.45, 7) is 1.67. The summed E-state index contributed by atoms with van der Waals surface area (Å²) in [6, 6.07) is 5.66. The predicted octanol–water partition coefficient (Wildman–Crippen LogP) is 2.35. The molecule has 0 saturated carbocycles. The molecule has 2 heterocycles. The summed E-state index contributed by atoms with van der Waals surface area (Å²) in [4.78, 5) is 40.6. The van der Waals surface area contributed by atoms with Crippen molar-refractivity contribution in [1.29, 1.82) is 0 Å². The normalized spacial score (nSPS) is 15.8. The predicted molar refractivity (Wildman–Crippen MR) is 95.5 cm³/mol. The summed E-state index contributed by atoms with van der Waals surface area (Å²) in [6.07, 6.45) is 0. The van der Waals surface area contributed by atoms with Gasteiger partial charge >= 0.3 is 5.97 Å². The Labute approximate surface area is 151 Å². The fourth-order valence-corrected chi connectivity index (χ4v) is 3.18. The number of hydrogen-bond acceptors (Lipinski definition) is 7. The van der Waals surface area contributed by atoms with Crippen molar-refractivity contribution in [2.45, 2.75) is 12.8 Å². The van der Waals surface area contributed by atoms with Crippen molar-refractivity contribution in [3.8, 4) is 0 Å². The summed E-state index contributed by atoms with van der Waals surface area (Å²) >= 11 is 4.99. The third-order valence-electron chi connectivity index (χ3n) is 4.12. The van der Waals surface area contributed by atoms with E-state index in [4.69, 9.17) is 17.0 Å². The first-order chi connectivity index (χ1) is 12.3. The maximum absolute atomic E-state index is 12.5. The molecule has 3 N–H and O–H groups in total. The molecule has 0 spiro atoms. The highest BCUT2D eigenvalue weighted by Gasteiger charge is 2.35. The van der Waals surface area contributed by atoms with Gasteiger partial charge in [0.25, 0.3) is 11.2 Å². The van der Waals surface area contributed by atoms with Gasteiger partial charge in [0.1, 0.15) is 5.82 Å². The fourth-order valence-electron chi connectivity index (χ4n) is 2.99. The molecule has 1 aliphatic rings. The minimum atomic E-state index is -0.768. The number of allylic oxidation sites excluding steroid dienone is 1. The van der Waals surface area contributed by atoms with Crippen LogP contribution >= 0.6 is 12.2 Å². The zero-order chi connectivity index (χ0) is 19.0. The molecular weight excluding hydrogens is 360 g/mol. The number of carbonyl (C=O) groups excluding carboxylic acids is 1. The maximum Gasteiger partial charge on any atom is 0.336 e. The molecule has 0 fully saturated rings. The first-order valence-corrected chi connectivity index (χ1v) is 7.91. The van der Waals surface area contributed by atoms with Gasteiger partial charge in [-0.1, -0.05) is 12.1 Å². The Hall–Kier alpha value is -3.27. The molecule has 0 radical (unpaired) electrons. The molecule has 1 aromatic carbocycles. The van der Waals surface area contributed by atoms with Gasteiger partial charge in [-0.05, 0) is 24.7 Å². The van der Waals surface area contributed by atoms with E-state index in [-0.39, 0.29) is 21.6 Å². The van der Waals surface area contributed by atoms with E-state index < -0.39 is 22.4 Å². The Morgan fingerprint density at radius 2 is 1.92 bits per heavy atom. The Kier molecular flexibility index (Phi) is 4.43. The molecule has 1 aromatic heterocycles. The van der Waals surface area contributed by atoms with Crippen LogP contribution in [0.1, 0.15) is 24.0 Å². The zero-order valence-electron chi connectivity index (χ0n) is 13.8. The van der Waals surface area contributed by atoms with Gasteiger partial charge in [0.05, 0.1) is 29.1 Å². The quantitative estimate of drug-likeness (QED) is 0.325. The second-order valence-corrected chi connectivity index (χ2v) is 6.04. The minimum Gasteiger partial charge on any atom is -0.466 e. The lowest BCUT2D eigenvalue weighted by Gasteiger charge is -2.28. The number of anilines is 1. The van der Waals surface area contributed by atoms with Gasteiger partial charge in [0.15, 0.2) is 4.77 Å². The van der Waals surface area contributed by atoms with Crippen molar-refractivity contribution < 1.29 is 14.5 Å². The number of nitro benzene ring substituents is 1. The third kappa shape index (κ3) is 2.90. The van der Waals surface area contributed by atoms with E-state index >= 15 is 0 Å². The standard InChI is InChI=1S/C16H14N4O5S/c1-7-10(15(22)25-2)11(8-3-5-9(6-4-8)20(23)24)12-13(17-7)18-16(26)19-14(12)21/h3-6,11H,1-2H3,(H3,17,18,19,21,26)/t11-/m0/s1. The van der Waals surface area contributed by atoms with E-state index in [1.807, 2.05) is 0 Å². The number of fused-ring (bicyclic) bond motifs is 1. The Balaban J connectivity index is 2.27. The van der Waals surface area contributed by atoms with Crippen LogP contribution in [0.3, 0.4) is 0 Å². The Bertz CT molecular complexity index is 1050. The molecule has 2 aromatic rings. The van der Waals surface area contributed by atoms with E-state index in [2.05, 4.69) is 15.3 Å². The van der Waals surface area contributed by atoms with Crippen LogP contribution in [0, 0.1) is 14.9 Å². The molecule has 1 atom stereocenters. The maximum atomic E-state index is 12.5.